The minimum Gasteiger partial charge on any atom is -0.450 e. The molecule has 6 heteroatoms. The van der Waals surface area contributed by atoms with Crippen molar-refractivity contribution in [1.82, 2.24) is 4.90 Å². The van der Waals surface area contributed by atoms with Gasteiger partial charge in [-0.15, -0.1) is 0 Å². The van der Waals surface area contributed by atoms with Crippen molar-refractivity contribution in [2.24, 2.45) is 0 Å². The highest BCUT2D eigenvalue weighted by Gasteiger charge is 2.42. The van der Waals surface area contributed by atoms with Crippen LogP contribution in [0.15, 0.2) is 50.1 Å². The van der Waals surface area contributed by atoms with Crippen LogP contribution in [0.1, 0.15) is 38.9 Å². The number of aliphatic hydroxyl groups is 1. The number of benzene rings is 2. The second kappa shape index (κ2) is 6.62. The minimum absolute atomic E-state index is 0.0702. The molecule has 5 nitrogen and oxygen atoms in total. The van der Waals surface area contributed by atoms with Crippen LogP contribution in [0.3, 0.4) is 0 Å². The number of halogens is 1. The number of hydrogen-bond donors (Lipinski definition) is 1. The summed E-state index contributed by atoms with van der Waals surface area (Å²) in [5.74, 6) is -0.299. The number of nitrogens with zero attached hydrogens (tertiary/aromatic N) is 1. The third-order valence-corrected chi connectivity index (χ3v) is 5.45. The number of fused-ring (bicyclic) bond motifs is 2. The number of amides is 1. The molecule has 1 aliphatic rings. The van der Waals surface area contributed by atoms with E-state index in [0.29, 0.717) is 16.5 Å². The molecule has 0 spiro atoms. The lowest BCUT2D eigenvalue weighted by atomic mass is 9.97. The van der Waals surface area contributed by atoms with Crippen molar-refractivity contribution in [2.75, 3.05) is 13.2 Å². The monoisotopic (exact) mass is 427 g/mol. The Bertz CT molecular complexity index is 1120. The van der Waals surface area contributed by atoms with Crippen LogP contribution in [0.25, 0.3) is 11.0 Å². The molecule has 0 bridgehead atoms. The van der Waals surface area contributed by atoms with Crippen molar-refractivity contribution in [3.63, 3.8) is 0 Å². The van der Waals surface area contributed by atoms with E-state index in [2.05, 4.69) is 15.9 Å². The van der Waals surface area contributed by atoms with E-state index >= 15 is 0 Å². The van der Waals surface area contributed by atoms with E-state index in [4.69, 9.17) is 4.42 Å². The predicted octanol–water partition coefficient (Wildman–Crippen LogP) is 3.71. The van der Waals surface area contributed by atoms with E-state index in [1.807, 2.05) is 44.2 Å². The summed E-state index contributed by atoms with van der Waals surface area (Å²) in [7, 11) is 0. The Morgan fingerprint density at radius 3 is 2.52 bits per heavy atom. The molecular formula is C21H18BrNO4. The second-order valence-electron chi connectivity index (χ2n) is 6.81. The zero-order valence-corrected chi connectivity index (χ0v) is 16.5. The maximum atomic E-state index is 13.4. The van der Waals surface area contributed by atoms with Gasteiger partial charge in [-0.05, 0) is 48.7 Å². The molecule has 2 aromatic carbocycles. The molecule has 0 fully saturated rings. The summed E-state index contributed by atoms with van der Waals surface area (Å²) in [4.78, 5) is 27.8. The zero-order valence-electron chi connectivity index (χ0n) is 15.0. The van der Waals surface area contributed by atoms with Gasteiger partial charge in [-0.25, -0.2) is 0 Å². The second-order valence-corrected chi connectivity index (χ2v) is 7.72. The van der Waals surface area contributed by atoms with Crippen LogP contribution in [0, 0.1) is 13.8 Å². The average molecular weight is 428 g/mol. The summed E-state index contributed by atoms with van der Waals surface area (Å²) in [5.41, 5.74) is 3.17. The van der Waals surface area contributed by atoms with Gasteiger partial charge in [0.2, 0.25) is 5.76 Å². The summed E-state index contributed by atoms with van der Waals surface area (Å²) >= 11 is 3.41. The Labute approximate surface area is 164 Å². The van der Waals surface area contributed by atoms with Gasteiger partial charge in [-0.1, -0.05) is 34.1 Å². The topological polar surface area (TPSA) is 70.8 Å². The number of carbonyl (C=O) groups excluding carboxylic acids is 1. The summed E-state index contributed by atoms with van der Waals surface area (Å²) in [6.45, 7) is 3.71. The molecule has 4 rings (SSSR count). The number of carbonyl (C=O) groups is 1. The van der Waals surface area contributed by atoms with Crippen LogP contribution in [-0.4, -0.2) is 29.1 Å². The van der Waals surface area contributed by atoms with E-state index < -0.39 is 6.04 Å². The summed E-state index contributed by atoms with van der Waals surface area (Å²) in [5, 5.41) is 9.94. The maximum absolute atomic E-state index is 13.4. The fraction of sp³-hybridized carbons (Fsp3) is 0.238. The predicted molar refractivity (Wildman–Crippen MR) is 106 cm³/mol. The van der Waals surface area contributed by atoms with Crippen molar-refractivity contribution in [3.8, 4) is 0 Å². The first kappa shape index (κ1) is 17.9. The van der Waals surface area contributed by atoms with Gasteiger partial charge >= 0.3 is 0 Å². The largest absolute Gasteiger partial charge is 0.450 e. The molecule has 0 saturated carbocycles. The van der Waals surface area contributed by atoms with Crippen molar-refractivity contribution >= 4 is 32.8 Å². The smallest absolute Gasteiger partial charge is 0.290 e. The lowest BCUT2D eigenvalue weighted by Gasteiger charge is -2.24. The molecule has 1 aliphatic heterocycles. The number of aliphatic hydroxyl groups excluding tert-OH is 1. The first-order chi connectivity index (χ1) is 12.9. The normalized spacial score (nSPS) is 16.2. The highest BCUT2D eigenvalue weighted by molar-refractivity contribution is 9.10. The summed E-state index contributed by atoms with van der Waals surface area (Å²) in [6, 6.07) is 10.6. The van der Waals surface area contributed by atoms with Crippen LogP contribution in [0.4, 0.5) is 0 Å². The van der Waals surface area contributed by atoms with Crippen LogP contribution in [-0.2, 0) is 0 Å². The summed E-state index contributed by atoms with van der Waals surface area (Å²) in [6.07, 6.45) is 0. The molecular weight excluding hydrogens is 410 g/mol. The Morgan fingerprint density at radius 2 is 1.85 bits per heavy atom. The van der Waals surface area contributed by atoms with Crippen molar-refractivity contribution < 1.29 is 14.3 Å². The molecule has 0 saturated heterocycles. The highest BCUT2D eigenvalue weighted by atomic mass is 79.9. The lowest BCUT2D eigenvalue weighted by Crippen LogP contribution is -2.32. The molecule has 3 aromatic rings. The molecule has 0 aliphatic carbocycles. The van der Waals surface area contributed by atoms with Gasteiger partial charge in [0.1, 0.15) is 5.58 Å². The number of rotatable bonds is 3. The van der Waals surface area contributed by atoms with E-state index in [1.165, 1.54) is 4.90 Å². The molecule has 1 N–H and O–H groups in total. The van der Waals surface area contributed by atoms with Crippen LogP contribution >= 0.6 is 15.9 Å². The van der Waals surface area contributed by atoms with Crippen LogP contribution in [0.5, 0.6) is 0 Å². The molecule has 27 heavy (non-hydrogen) atoms. The first-order valence-corrected chi connectivity index (χ1v) is 9.47. The fourth-order valence-electron chi connectivity index (χ4n) is 3.80. The van der Waals surface area contributed by atoms with Gasteiger partial charge in [0.15, 0.2) is 5.43 Å². The van der Waals surface area contributed by atoms with Crippen molar-refractivity contribution in [2.45, 2.75) is 19.9 Å². The van der Waals surface area contributed by atoms with Gasteiger partial charge in [0, 0.05) is 11.0 Å². The Morgan fingerprint density at radius 1 is 1.15 bits per heavy atom. The standard InChI is InChI=1S/C21H18BrNO4/c1-11-9-12(2)19-15(10-11)18(25)16-17(13-3-5-14(22)6-4-13)23(7-8-24)21(26)20(16)27-19/h3-6,9-10,17,24H,7-8H2,1-2H3/t17-/m0/s1. The van der Waals surface area contributed by atoms with Gasteiger partial charge in [-0.2, -0.15) is 0 Å². The van der Waals surface area contributed by atoms with E-state index in [0.717, 1.165) is 21.2 Å². The molecule has 138 valence electrons. The van der Waals surface area contributed by atoms with Crippen molar-refractivity contribution in [3.05, 3.63) is 79.1 Å². The van der Waals surface area contributed by atoms with Gasteiger partial charge in [0.25, 0.3) is 5.91 Å². The SMILES string of the molecule is Cc1cc(C)c2oc3c(c(=O)c2c1)[C@H](c1ccc(Br)cc1)N(CCO)C3=O. The van der Waals surface area contributed by atoms with E-state index in [-0.39, 0.29) is 30.2 Å². The third kappa shape index (κ3) is 2.80. The average Bonchev–Trinajstić information content (AvgIpc) is 2.90. The van der Waals surface area contributed by atoms with Gasteiger partial charge < -0.3 is 14.4 Å². The quantitative estimate of drug-likeness (QED) is 0.691. The van der Waals surface area contributed by atoms with Crippen LogP contribution in [0.2, 0.25) is 0 Å². The maximum Gasteiger partial charge on any atom is 0.290 e. The minimum atomic E-state index is -0.575. The molecule has 0 radical (unpaired) electrons. The Kier molecular flexibility index (Phi) is 4.40. The highest BCUT2D eigenvalue weighted by Crippen LogP contribution is 2.38. The van der Waals surface area contributed by atoms with Crippen LogP contribution < -0.4 is 5.43 Å². The number of aryl methyl sites for hydroxylation is 2. The molecule has 1 aromatic heterocycles. The first-order valence-electron chi connectivity index (χ1n) is 8.67. The molecule has 0 unspecified atom stereocenters. The zero-order chi connectivity index (χ0) is 19.3. The van der Waals surface area contributed by atoms with E-state index in [9.17, 15) is 14.7 Å². The Balaban J connectivity index is 2.04. The van der Waals surface area contributed by atoms with Gasteiger partial charge in [-0.3, -0.25) is 9.59 Å². The fourth-order valence-corrected chi connectivity index (χ4v) is 4.07. The lowest BCUT2D eigenvalue weighted by molar-refractivity contribution is 0.0691. The molecule has 1 atom stereocenters. The number of hydrogen-bond acceptors (Lipinski definition) is 4. The van der Waals surface area contributed by atoms with Crippen molar-refractivity contribution in [1.29, 1.82) is 0 Å². The molecule has 2 heterocycles. The Hall–Kier alpha value is -2.44. The third-order valence-electron chi connectivity index (χ3n) is 4.92. The number of β-amino-alcohol motifs (C(OH)–C–C–N with tert-alkyl or cyclic N) is 1. The molecule has 1 amide bonds. The summed E-state index contributed by atoms with van der Waals surface area (Å²) < 4.78 is 6.86. The van der Waals surface area contributed by atoms with Gasteiger partial charge in [0.05, 0.1) is 23.6 Å². The van der Waals surface area contributed by atoms with E-state index in [1.54, 1.807) is 6.07 Å².